The number of hydrogen-bond acceptors (Lipinski definition) is 21. The molecule has 0 saturated carbocycles. The van der Waals surface area contributed by atoms with Gasteiger partial charge in [-0.25, -0.2) is 29.3 Å². The Hall–Kier alpha value is -16.0. The van der Waals surface area contributed by atoms with Crippen molar-refractivity contribution in [1.82, 2.24) is 97.9 Å². The average molecular weight is 1870 g/mol. The highest BCUT2D eigenvalue weighted by Gasteiger charge is 2.18. The molecule has 36 heteroatoms. The summed E-state index contributed by atoms with van der Waals surface area (Å²) in [5.74, 6) is 4.80. The molecule has 0 radical (unpaired) electrons. The SMILES string of the molecule is CCc1ccccc1NCc1cc(=O)n2[nH]c(-c3ccc(F)cc3)nc2n1.COc1ccc(Cl)cc1NCc1cc(=O)n2[nH]c(-c3ccccc3)nc2n1.Cc1ccc(NCc2cc(=O)n3[nH]c(-c4ccc(Cl)cc4)nc3n2)cc1.Cc1cccc(-c2nc3nc(CNc4ccc(Br)cc4)cc(=O)n3[nH]2)c1.O=c1cc(CNc2cccc(Cl)c2)nc2nc(-c3ccccc3)[nH]n12. The number of aryl methyl sites for hydroxylation is 3. The molecule has 131 heavy (non-hydrogen) atoms. The predicted octanol–water partition coefficient (Wildman–Crippen LogP) is 17.5. The maximum atomic E-state index is 13.1. The van der Waals surface area contributed by atoms with E-state index in [1.54, 1.807) is 55.6 Å². The smallest absolute Gasteiger partial charge is 0.274 e. The third-order valence-corrected chi connectivity index (χ3v) is 21.4. The molecule has 0 aliphatic rings. The van der Waals surface area contributed by atoms with Gasteiger partial charge in [0.15, 0.2) is 29.1 Å². The van der Waals surface area contributed by atoms with E-state index in [2.05, 4.69) is 131 Å². The number of methoxy groups -OCH3 is 1. The molecule has 0 aliphatic heterocycles. The van der Waals surface area contributed by atoms with Crippen molar-refractivity contribution in [1.29, 1.82) is 0 Å². The highest BCUT2D eigenvalue weighted by atomic mass is 79.9. The minimum absolute atomic E-state index is 0.186. The van der Waals surface area contributed by atoms with Gasteiger partial charge in [-0.1, -0.05) is 184 Å². The van der Waals surface area contributed by atoms with E-state index in [0.29, 0.717) is 140 Å². The maximum absolute atomic E-state index is 13.1. The number of ether oxygens (including phenoxy) is 1. The fourth-order valence-electron chi connectivity index (χ4n) is 13.5. The van der Waals surface area contributed by atoms with Crippen LogP contribution in [-0.4, -0.2) is 105 Å². The summed E-state index contributed by atoms with van der Waals surface area (Å²) in [6.07, 6.45) is 0.915. The Morgan fingerprint density at radius 1 is 0.328 bits per heavy atom. The number of nitrogens with one attached hydrogen (secondary N) is 10. The van der Waals surface area contributed by atoms with Crippen LogP contribution in [0, 0.1) is 19.7 Å². The van der Waals surface area contributed by atoms with Crippen LogP contribution >= 0.6 is 50.7 Å². The molecule has 0 bridgehead atoms. The fraction of sp³-hybridized carbons (Fsp3) is 0.105. The van der Waals surface area contributed by atoms with Crippen molar-refractivity contribution in [2.45, 2.75) is 59.9 Å². The number of H-pyrrole nitrogens is 5. The topological polar surface area (TPSA) is 385 Å². The van der Waals surface area contributed by atoms with E-state index in [-0.39, 0.29) is 39.4 Å². The molecule has 20 aromatic rings. The molecule has 0 aliphatic carbocycles. The van der Waals surface area contributed by atoms with Crippen molar-refractivity contribution in [3.8, 4) is 62.7 Å². The summed E-state index contributed by atoms with van der Waals surface area (Å²) in [4.78, 5) is 106. The maximum Gasteiger partial charge on any atom is 0.274 e. The number of rotatable bonds is 22. The number of para-hydroxylation sites is 1. The quantitative estimate of drug-likeness (QED) is 0.0301. The van der Waals surface area contributed by atoms with Gasteiger partial charge in [0.25, 0.3) is 56.7 Å². The van der Waals surface area contributed by atoms with E-state index in [4.69, 9.17) is 39.5 Å². The lowest BCUT2D eigenvalue weighted by Gasteiger charge is -2.11. The molecule has 0 amide bonds. The summed E-state index contributed by atoms with van der Waals surface area (Å²) in [6, 6.07) is 84.2. The Kier molecular flexibility index (Phi) is 27.5. The van der Waals surface area contributed by atoms with Crippen LogP contribution in [0.15, 0.2) is 307 Å². The average Bonchev–Trinajstić information content (AvgIpc) is 1.68. The molecule has 0 saturated heterocycles. The Bertz CT molecular complexity index is 7760. The van der Waals surface area contributed by atoms with Gasteiger partial charge in [-0.2, -0.15) is 47.5 Å². The zero-order valence-electron chi connectivity index (χ0n) is 70.3. The van der Waals surface area contributed by atoms with Gasteiger partial charge >= 0.3 is 0 Å². The lowest BCUT2D eigenvalue weighted by Crippen LogP contribution is -2.17. The summed E-state index contributed by atoms with van der Waals surface area (Å²) in [5.41, 5.74) is 14.2. The first kappa shape index (κ1) is 88.5. The van der Waals surface area contributed by atoms with Crippen molar-refractivity contribution >= 4 is 108 Å². The Labute approximate surface area is 767 Å². The van der Waals surface area contributed by atoms with Crippen LogP contribution in [0.4, 0.5) is 32.8 Å². The predicted molar refractivity (Wildman–Crippen MR) is 512 cm³/mol. The van der Waals surface area contributed by atoms with Gasteiger partial charge in [0.1, 0.15) is 11.6 Å². The van der Waals surface area contributed by atoms with Gasteiger partial charge in [-0.3, -0.25) is 49.5 Å². The zero-order chi connectivity index (χ0) is 91.0. The molecule has 10 heterocycles. The van der Waals surface area contributed by atoms with Gasteiger partial charge < -0.3 is 31.3 Å². The van der Waals surface area contributed by atoms with Crippen molar-refractivity contribution in [3.63, 3.8) is 0 Å². The third-order valence-electron chi connectivity index (χ3n) is 20.2. The minimum atomic E-state index is -0.328. The van der Waals surface area contributed by atoms with Crippen molar-refractivity contribution in [2.24, 2.45) is 0 Å². The van der Waals surface area contributed by atoms with E-state index in [0.717, 1.165) is 67.1 Å². The normalized spacial score (nSPS) is 11.0. The number of nitrogens with zero attached hydrogens (tertiary/aromatic N) is 15. The summed E-state index contributed by atoms with van der Waals surface area (Å²) >= 11 is 21.3. The number of halogens is 5. The summed E-state index contributed by atoms with van der Waals surface area (Å²) < 4.78 is 26.1. The van der Waals surface area contributed by atoms with Crippen LogP contribution in [0.2, 0.25) is 15.1 Å². The zero-order valence-corrected chi connectivity index (χ0v) is 74.2. The summed E-state index contributed by atoms with van der Waals surface area (Å²) in [6.45, 7) is 8.19. The number of aromatic nitrogens is 20. The molecule has 0 unspecified atom stereocenters. The highest BCUT2D eigenvalue weighted by molar-refractivity contribution is 9.10. The number of anilines is 5. The molecule has 656 valence electrons. The molecular weight excluding hydrogens is 1790 g/mol. The van der Waals surface area contributed by atoms with Gasteiger partial charge in [-0.15, -0.1) is 0 Å². The van der Waals surface area contributed by atoms with Gasteiger partial charge in [0.05, 0.1) is 74.0 Å². The first-order valence-electron chi connectivity index (χ1n) is 41.0. The summed E-state index contributed by atoms with van der Waals surface area (Å²) in [5, 5.41) is 33.0. The van der Waals surface area contributed by atoms with Crippen molar-refractivity contribution in [3.05, 3.63) is 401 Å². The second-order valence-corrected chi connectivity index (χ2v) is 31.8. The Morgan fingerprint density at radius 2 is 0.687 bits per heavy atom. The first-order valence-corrected chi connectivity index (χ1v) is 42.9. The molecule has 31 nitrogen and oxygen atoms in total. The molecule has 10 aromatic carbocycles. The van der Waals surface area contributed by atoms with Crippen LogP contribution in [0.1, 0.15) is 52.1 Å². The van der Waals surface area contributed by atoms with Crippen molar-refractivity contribution < 1.29 is 9.13 Å². The number of fused-ring (bicyclic) bond motifs is 5. The molecule has 10 N–H and O–H groups in total. The van der Waals surface area contributed by atoms with Crippen molar-refractivity contribution in [2.75, 3.05) is 33.7 Å². The second-order valence-electron chi connectivity index (χ2n) is 29.6. The molecule has 10 aromatic heterocycles. The monoisotopic (exact) mass is 1870 g/mol. The molecule has 0 spiro atoms. The van der Waals surface area contributed by atoms with E-state index in [9.17, 15) is 28.4 Å². The summed E-state index contributed by atoms with van der Waals surface area (Å²) in [7, 11) is 1.58. The highest BCUT2D eigenvalue weighted by Crippen LogP contribution is 2.30. The van der Waals surface area contributed by atoms with Gasteiger partial charge in [0, 0.05) is 100 Å². The lowest BCUT2D eigenvalue weighted by molar-refractivity contribution is 0.416. The molecular formula is C95H80BrCl3FN25O6. The van der Waals surface area contributed by atoms with Crippen LogP contribution in [0.5, 0.6) is 5.75 Å². The first-order chi connectivity index (χ1) is 63.6. The number of aromatic amines is 5. The van der Waals surface area contributed by atoms with Gasteiger partial charge in [-0.05, 0) is 159 Å². The number of hydrogen-bond donors (Lipinski definition) is 10. The molecule has 0 atom stereocenters. The third kappa shape index (κ3) is 22.4. The minimum Gasteiger partial charge on any atom is -0.495 e. The molecule has 20 rings (SSSR count). The largest absolute Gasteiger partial charge is 0.495 e. The fourth-order valence-corrected chi connectivity index (χ4v) is 14.3. The van der Waals surface area contributed by atoms with E-state index >= 15 is 0 Å². The number of benzene rings is 10. The lowest BCUT2D eigenvalue weighted by atomic mass is 10.1. The van der Waals surface area contributed by atoms with Crippen LogP contribution in [0.3, 0.4) is 0 Å². The van der Waals surface area contributed by atoms with Crippen LogP contribution in [-0.2, 0) is 39.1 Å². The van der Waals surface area contributed by atoms with Crippen LogP contribution in [0.25, 0.3) is 85.8 Å². The molecule has 0 fully saturated rings. The Morgan fingerprint density at radius 3 is 1.11 bits per heavy atom. The van der Waals surface area contributed by atoms with E-state index in [1.807, 2.05) is 196 Å². The van der Waals surface area contributed by atoms with E-state index in [1.165, 1.54) is 76.2 Å². The van der Waals surface area contributed by atoms with Gasteiger partial charge in [0.2, 0.25) is 0 Å². The Balaban J connectivity index is 0.000000120. The van der Waals surface area contributed by atoms with Crippen LogP contribution < -0.4 is 59.1 Å². The standard InChI is InChI=1S/C20H18FN5O.C19H16BrN5O.C19H16ClN5O2.C19H16ClN5O.C18H14ClN5O/c1-2-13-5-3-4-6-17(13)22-12-16-11-18(27)26-20(23-16)24-19(25-26)14-7-9-15(21)10-8-14;1-12-3-2-4-13(9-12)18-23-19-22-16(10-17(26)25(19)24-18)11-21-15-7-5-14(20)6-8-15;1-27-16-8-7-13(20)9-15(16)21-11-14-10-17(26)25-19(22-14)23-18(24-25)12-5-3-2-4-6-12;1-12-2-8-15(9-3-12)21-11-16-10-17(26)25-19(22-16)23-18(24-25)13-4-6-14(20)7-5-13;19-13-7-4-8-14(9-13)20-11-15-10-16(25)24-18(21-15)22-17(23-24)12-5-2-1-3-6-12/h3-11,22H,2,12H2,1H3,(H,23,24,25);2-10,21H,11H2,1H3,(H,22,23,24);2-10,21H,11H2,1H3,(H,22,23,24);2-10,21H,11H2,1H3,(H,22,23,24);1-10,20H,11H2,(H,21,22,23). The second kappa shape index (κ2) is 40.8. The van der Waals surface area contributed by atoms with E-state index < -0.39 is 0 Å².